The Hall–Kier alpha value is -6.82. The van der Waals surface area contributed by atoms with Crippen LogP contribution in [-0.2, 0) is 58.7 Å². The van der Waals surface area contributed by atoms with Crippen LogP contribution >= 0.6 is 0 Å². The average Bonchev–Trinajstić information content (AvgIpc) is 0.737. The Kier molecular flexibility index (Phi) is 22.4. The Morgan fingerprint density at radius 3 is 0.949 bits per heavy atom. The predicted molar refractivity (Wildman–Crippen MR) is 417 cm³/mol. The molecule has 2 atom stereocenters. The molecule has 520 valence electrons. The zero-order chi connectivity index (χ0) is 69.8. The molecule has 10 rings (SSSR count). The van der Waals surface area contributed by atoms with E-state index in [1.54, 1.807) is 12.1 Å². The fourth-order valence-electron chi connectivity index (χ4n) is 15.1. The molecule has 0 aliphatic rings. The van der Waals surface area contributed by atoms with Crippen molar-refractivity contribution in [3.63, 3.8) is 0 Å². The second-order valence-corrected chi connectivity index (χ2v) is 35.8. The maximum absolute atomic E-state index is 16.2. The number of phenolic OH excluding ortho intramolecular Hbond substituents is 2. The fourth-order valence-corrected chi connectivity index (χ4v) is 15.1. The van der Waals surface area contributed by atoms with E-state index in [9.17, 15) is 10.2 Å². The Morgan fingerprint density at radius 2 is 0.633 bits per heavy atom. The smallest absolute Gasteiger partial charge is 0.263 e. The monoisotopic (exact) mass is 1400 g/mol. The number of phenols is 2. The normalized spacial score (nSPS) is 13.5. The first-order valence-electron chi connectivity index (χ1n) is 34.6. The van der Waals surface area contributed by atoms with Crippen LogP contribution in [0.15, 0.2) is 146 Å². The van der Waals surface area contributed by atoms with E-state index in [-0.39, 0.29) is 108 Å². The van der Waals surface area contributed by atoms with Gasteiger partial charge in [0.25, 0.3) is 11.5 Å². The number of rotatable bonds is 14. The molecular formula is C91H114F2O4Zr. The minimum atomic E-state index is -0.436. The van der Waals surface area contributed by atoms with Crippen molar-refractivity contribution in [2.45, 2.75) is 230 Å². The van der Waals surface area contributed by atoms with Gasteiger partial charge < -0.3 is 34.5 Å². The van der Waals surface area contributed by atoms with Gasteiger partial charge in [-0.3, -0.25) is 0 Å². The number of halogens is 2. The minimum absolute atomic E-state index is 0. The maximum atomic E-state index is 16.2. The quantitative estimate of drug-likeness (QED) is 0.0647. The summed E-state index contributed by atoms with van der Waals surface area (Å²) in [4.78, 5) is 0. The van der Waals surface area contributed by atoms with Crippen molar-refractivity contribution in [1.29, 1.82) is 0 Å². The number of ether oxygens (including phenoxy) is 2. The molecule has 0 fully saturated rings. The maximum Gasteiger partial charge on any atom is 0.263 e. The van der Waals surface area contributed by atoms with Crippen LogP contribution in [0.2, 0.25) is 0 Å². The molecule has 0 aromatic heterocycles. The standard InChI is InChI=1S/C89H106F2O4.2CH3.Zr/c1-52(94-76-35-31-64(90)48-70(76)72-44-62(88(21,22)50-82(3,4)5)46-74(80(72)92)78-66-33-29-58(84(9,10)11)40-56(66)38-54-25-27-60(42-68(54)78)86(15,16)17)37-53(2)95-77-36-32-65(91)49-71(77)73-45-63(89(23,24)51-83(6,7)8)47-75(81(73)93)79-67-34-30-59(85(12,13)14)41-57(67)39-55-26-28-61(43-69(55)79)87(18,19)20;;;/h25-36,38-49,52-53,92-93H,37,50-51H2,1-24H3;2*1H3;/q;2*-1;/p+2/t52-,53+;;;. The molecule has 0 saturated carbocycles. The Balaban J connectivity index is 0.00000451. The summed E-state index contributed by atoms with van der Waals surface area (Å²) in [5.41, 5.74) is 10.8. The van der Waals surface area contributed by atoms with Gasteiger partial charge >= 0.3 is 0 Å². The van der Waals surface area contributed by atoms with Gasteiger partial charge in [-0.1, -0.05) is 213 Å². The summed E-state index contributed by atoms with van der Waals surface area (Å²) >= 11 is 0. The number of hydrogen-bond acceptors (Lipinski definition) is 2. The molecule has 0 bridgehead atoms. The van der Waals surface area contributed by atoms with Gasteiger partial charge in [-0.2, -0.15) is 0 Å². The molecule has 0 aliphatic carbocycles. The summed E-state index contributed by atoms with van der Waals surface area (Å²) in [6, 6.07) is 49.4. The van der Waals surface area contributed by atoms with Crippen molar-refractivity contribution in [2.75, 3.05) is 0 Å². The van der Waals surface area contributed by atoms with Crippen LogP contribution in [0.1, 0.15) is 219 Å². The molecule has 7 heteroatoms. The molecule has 10 aromatic rings. The van der Waals surface area contributed by atoms with E-state index >= 15 is 8.78 Å². The molecule has 4 N–H and O–H groups in total. The molecule has 98 heavy (non-hydrogen) atoms. The third-order valence-corrected chi connectivity index (χ3v) is 19.5. The summed E-state index contributed by atoms with van der Waals surface area (Å²) in [6.07, 6.45) is 1.46. The zero-order valence-electron chi connectivity index (χ0n) is 64.2. The van der Waals surface area contributed by atoms with Gasteiger partial charge in [0, 0.05) is 85.6 Å². The van der Waals surface area contributed by atoms with Crippen molar-refractivity contribution >= 4 is 43.1 Å². The van der Waals surface area contributed by atoms with Gasteiger partial charge in [-0.25, -0.2) is 8.78 Å². The molecule has 0 heterocycles. The molecule has 0 spiro atoms. The topological polar surface area (TPSA) is 66.1 Å². The van der Waals surface area contributed by atoms with Gasteiger partial charge in [-0.15, -0.1) is 0 Å². The number of aliphatic hydroxyl groups is 2. The second-order valence-electron chi connectivity index (χ2n) is 35.8. The number of benzene rings is 10. The van der Waals surface area contributed by atoms with E-state index in [0.29, 0.717) is 51.3 Å². The largest absolute Gasteiger partial charge is 0.580 e. The first-order chi connectivity index (χ1) is 43.8. The van der Waals surface area contributed by atoms with E-state index in [0.717, 1.165) is 78.2 Å². The van der Waals surface area contributed by atoms with Crippen LogP contribution in [0, 0.1) is 37.3 Å². The summed E-state index contributed by atoms with van der Waals surface area (Å²) < 4.78 is 43.2. The molecule has 0 saturated heterocycles. The zero-order valence-corrected chi connectivity index (χ0v) is 66.6. The van der Waals surface area contributed by atoms with Gasteiger partial charge in [-0.05, 0) is 205 Å². The SMILES string of the molecule is C[C@H](C[C@H](C)[OH+]c1ccc(F)cc1-c1cc(C(C)(C)CC(C)(C)C)cc(-c2c3ccc(C(C)(C)C)cc3cc3ccc(C(C)(C)C)cc23)c1O)[OH+]c1ccc(F)cc1-c1cc(C(C)(C)CC(C)(C)C)cc(-c2c3ccc(C(C)(C)C)cc3cc3ccc(C(C)(C)C)cc23)c1O.[CH3-].[CH3-].[Zr]. The van der Waals surface area contributed by atoms with Gasteiger partial charge in [0.1, 0.15) is 29.6 Å². The van der Waals surface area contributed by atoms with E-state index in [4.69, 9.17) is 9.47 Å². The van der Waals surface area contributed by atoms with Crippen LogP contribution in [-0.4, -0.2) is 31.9 Å². The second kappa shape index (κ2) is 28.0. The molecule has 0 radical (unpaired) electrons. The molecule has 10 aromatic carbocycles. The van der Waals surface area contributed by atoms with Gasteiger partial charge in [0.2, 0.25) is 0 Å². The number of hydrogen-bond donors (Lipinski definition) is 2. The number of fused-ring (bicyclic) bond motifs is 4. The fraction of sp³-hybridized carbons (Fsp3) is 0.407. The Labute approximate surface area is 607 Å². The summed E-state index contributed by atoms with van der Waals surface area (Å²) in [6.45, 7) is 53.5. The van der Waals surface area contributed by atoms with E-state index in [1.807, 2.05) is 13.8 Å². The molecule has 0 aliphatic heterocycles. The van der Waals surface area contributed by atoms with Crippen LogP contribution in [0.4, 0.5) is 8.78 Å². The predicted octanol–water partition coefficient (Wildman–Crippen LogP) is 26.5. The van der Waals surface area contributed by atoms with Crippen LogP contribution in [0.3, 0.4) is 0 Å². The molecule has 4 nitrogen and oxygen atoms in total. The molecule has 0 amide bonds. The van der Waals surface area contributed by atoms with Crippen molar-refractivity contribution in [2.24, 2.45) is 10.8 Å². The third-order valence-electron chi connectivity index (χ3n) is 19.5. The van der Waals surface area contributed by atoms with Gasteiger partial charge in [0.15, 0.2) is 12.2 Å². The van der Waals surface area contributed by atoms with Crippen molar-refractivity contribution in [3.8, 4) is 67.5 Å². The van der Waals surface area contributed by atoms with Gasteiger partial charge in [0.05, 0.1) is 11.1 Å². The minimum Gasteiger partial charge on any atom is -0.580 e. The van der Waals surface area contributed by atoms with Crippen LogP contribution in [0.25, 0.3) is 87.6 Å². The third kappa shape index (κ3) is 16.8. The summed E-state index contributed by atoms with van der Waals surface area (Å²) in [5.74, 6) is 0.347. The molecule has 0 unspecified atom stereocenters. The molecular weight excluding hydrogens is 1290 g/mol. The number of aromatic hydroxyl groups is 4. The van der Waals surface area contributed by atoms with Crippen molar-refractivity contribution < 1.29 is 54.7 Å². The first kappa shape index (κ1) is 78.5. The first-order valence-corrected chi connectivity index (χ1v) is 34.6. The van der Waals surface area contributed by atoms with Crippen LogP contribution < -0.4 is 0 Å². The summed E-state index contributed by atoms with van der Waals surface area (Å²) in [5, 5.41) is 35.1. The Morgan fingerprint density at radius 1 is 0.327 bits per heavy atom. The van der Waals surface area contributed by atoms with Crippen LogP contribution in [0.5, 0.6) is 23.0 Å². The van der Waals surface area contributed by atoms with E-state index < -0.39 is 11.6 Å². The Bertz CT molecular complexity index is 4310. The van der Waals surface area contributed by atoms with Crippen molar-refractivity contribution in [3.05, 3.63) is 205 Å². The van der Waals surface area contributed by atoms with Crippen molar-refractivity contribution in [1.82, 2.24) is 0 Å². The summed E-state index contributed by atoms with van der Waals surface area (Å²) in [7, 11) is 0. The van der Waals surface area contributed by atoms with E-state index in [2.05, 4.69) is 262 Å². The van der Waals surface area contributed by atoms with E-state index in [1.165, 1.54) is 46.5 Å². The average molecular weight is 1400 g/mol.